The summed E-state index contributed by atoms with van der Waals surface area (Å²) >= 11 is 0. The molecule has 2 aliphatic heterocycles. The highest BCUT2D eigenvalue weighted by Crippen LogP contribution is 2.36. The molecule has 55 heavy (non-hydrogen) atoms. The quantitative estimate of drug-likeness (QED) is 0.122. The maximum atomic E-state index is 14.2. The van der Waals surface area contributed by atoms with Crippen LogP contribution < -0.4 is 5.32 Å². The molecule has 2 aliphatic rings. The van der Waals surface area contributed by atoms with Crippen LogP contribution >= 0.6 is 0 Å². The van der Waals surface area contributed by atoms with Crippen molar-refractivity contribution in [2.45, 2.75) is 70.6 Å². The molecule has 0 radical (unpaired) electrons. The lowest BCUT2D eigenvalue weighted by molar-refractivity contribution is -0.138. The van der Waals surface area contributed by atoms with E-state index >= 15 is 0 Å². The van der Waals surface area contributed by atoms with Gasteiger partial charge in [0.1, 0.15) is 23.7 Å². The van der Waals surface area contributed by atoms with E-state index in [9.17, 15) is 14.4 Å². The van der Waals surface area contributed by atoms with E-state index in [-0.39, 0.29) is 29.9 Å². The molecule has 4 heterocycles. The fourth-order valence-corrected chi connectivity index (χ4v) is 8.06. The maximum absolute atomic E-state index is 14.2. The number of methoxy groups -OCH3 is 1. The minimum Gasteiger partial charge on any atom is -0.453 e. The van der Waals surface area contributed by atoms with Gasteiger partial charge in [0.25, 0.3) is 0 Å². The molecule has 286 valence electrons. The average Bonchev–Trinajstić information content (AvgIpc) is 4.07. The first kappa shape index (κ1) is 37.6. The first-order chi connectivity index (χ1) is 26.8. The van der Waals surface area contributed by atoms with Crippen molar-refractivity contribution in [2.24, 2.45) is 0 Å². The highest BCUT2D eigenvalue weighted by molar-refractivity contribution is 5.86. The van der Waals surface area contributed by atoms with Crippen LogP contribution in [0.3, 0.4) is 0 Å². The Labute approximate surface area is 322 Å². The number of nitrogens with one attached hydrogen (secondary N) is 3. The zero-order valence-corrected chi connectivity index (χ0v) is 32.0. The summed E-state index contributed by atoms with van der Waals surface area (Å²) in [5, 5.41) is 2.57. The summed E-state index contributed by atoms with van der Waals surface area (Å²) in [4.78, 5) is 61.4. The lowest BCUT2D eigenvalue weighted by Crippen LogP contribution is -2.46. The molecule has 12 heteroatoms. The standard InChI is InChI=1S/C43H50N8O4/c1-5-49(6-2)38(33-12-8-7-9-13-33)42(53)51-25-11-15-37(51)40-45-27-35(48-40)32-22-18-30(19-23-32)29-16-20-31(21-17-29)34-26-44-39(47-34)36-14-10-24-50(36)41(52)28(3)46-43(54)55-4/h7-9,12-13,16-23,26-28,36-38H,5-6,10-11,14-15,24-25H2,1-4H3,(H,44,47)(H,45,48)(H,46,54)/t28-,36-,37-,38+/m0/s1. The minimum atomic E-state index is -0.697. The number of rotatable bonds is 12. The predicted molar refractivity (Wildman–Crippen MR) is 212 cm³/mol. The number of imidazole rings is 2. The van der Waals surface area contributed by atoms with Crippen LogP contribution in [0.15, 0.2) is 91.3 Å². The number of carbonyl (C=O) groups excluding carboxylic acids is 3. The van der Waals surface area contributed by atoms with Crippen molar-refractivity contribution in [3.05, 3.63) is 108 Å². The molecule has 0 aliphatic carbocycles. The van der Waals surface area contributed by atoms with Crippen LogP contribution in [0.2, 0.25) is 0 Å². The van der Waals surface area contributed by atoms with Crippen LogP contribution in [0.4, 0.5) is 4.79 Å². The van der Waals surface area contributed by atoms with Crippen LogP contribution in [0.25, 0.3) is 33.6 Å². The molecule has 0 spiro atoms. The van der Waals surface area contributed by atoms with Crippen molar-refractivity contribution >= 4 is 17.9 Å². The van der Waals surface area contributed by atoms with Gasteiger partial charge in [0.2, 0.25) is 11.8 Å². The van der Waals surface area contributed by atoms with Crippen LogP contribution in [0, 0.1) is 0 Å². The number of likely N-dealkylation sites (N-methyl/N-ethyl adjacent to an activating group) is 1. The molecule has 2 fully saturated rings. The number of hydrogen-bond donors (Lipinski definition) is 3. The molecule has 0 unspecified atom stereocenters. The van der Waals surface area contributed by atoms with Crippen molar-refractivity contribution in [1.82, 2.24) is 40.0 Å². The van der Waals surface area contributed by atoms with Crippen molar-refractivity contribution in [3.8, 4) is 33.6 Å². The van der Waals surface area contributed by atoms with Gasteiger partial charge in [-0.15, -0.1) is 0 Å². The van der Waals surface area contributed by atoms with Crippen molar-refractivity contribution in [3.63, 3.8) is 0 Å². The Morgan fingerprint density at radius 2 is 1.22 bits per heavy atom. The van der Waals surface area contributed by atoms with E-state index in [1.165, 1.54) is 7.11 Å². The number of ether oxygens (including phenoxy) is 1. The van der Waals surface area contributed by atoms with Gasteiger partial charge >= 0.3 is 6.09 Å². The van der Waals surface area contributed by atoms with Gasteiger partial charge in [0.05, 0.1) is 43.0 Å². The fourth-order valence-electron chi connectivity index (χ4n) is 8.06. The van der Waals surface area contributed by atoms with Gasteiger partial charge in [-0.05, 0) is 73.5 Å². The molecule has 12 nitrogen and oxygen atoms in total. The third-order valence-electron chi connectivity index (χ3n) is 11.0. The lowest BCUT2D eigenvalue weighted by atomic mass is 10.0. The number of H-pyrrole nitrogens is 2. The monoisotopic (exact) mass is 742 g/mol. The van der Waals surface area contributed by atoms with Gasteiger partial charge < -0.3 is 29.8 Å². The van der Waals surface area contributed by atoms with Crippen LogP contribution in [0.1, 0.15) is 81.8 Å². The Kier molecular flexibility index (Phi) is 11.4. The van der Waals surface area contributed by atoms with E-state index in [0.717, 1.165) is 96.2 Å². The van der Waals surface area contributed by atoms with E-state index in [0.29, 0.717) is 6.54 Å². The SMILES string of the molecule is CCN(CC)[C@@H](C(=O)N1CCC[C@H]1c1ncc(-c2ccc(-c3ccc(-c4cnc([C@@H]5CCCN5C(=O)[C@H](C)NC(=O)OC)[nH]4)cc3)cc2)[nH]1)c1ccccc1. The summed E-state index contributed by atoms with van der Waals surface area (Å²) in [7, 11) is 1.28. The number of nitrogens with zero attached hydrogens (tertiary/aromatic N) is 5. The van der Waals surface area contributed by atoms with Gasteiger partial charge in [-0.2, -0.15) is 0 Å². The van der Waals surface area contributed by atoms with Crippen LogP contribution in [0.5, 0.6) is 0 Å². The van der Waals surface area contributed by atoms with E-state index in [1.807, 2.05) is 35.5 Å². The lowest BCUT2D eigenvalue weighted by Gasteiger charge is -2.34. The normalized spacial score (nSPS) is 18.1. The van der Waals surface area contributed by atoms with Crippen LogP contribution in [-0.4, -0.2) is 91.9 Å². The van der Waals surface area contributed by atoms with Gasteiger partial charge in [0.15, 0.2) is 0 Å². The molecule has 3 N–H and O–H groups in total. The summed E-state index contributed by atoms with van der Waals surface area (Å²) in [6, 6.07) is 25.6. The fraction of sp³-hybridized carbons (Fsp3) is 0.372. The number of likely N-dealkylation sites (tertiary alicyclic amines) is 2. The number of aromatic amines is 2. The van der Waals surface area contributed by atoms with Crippen LogP contribution in [-0.2, 0) is 14.3 Å². The second-order valence-corrected chi connectivity index (χ2v) is 14.3. The molecular weight excluding hydrogens is 693 g/mol. The first-order valence-corrected chi connectivity index (χ1v) is 19.3. The highest BCUT2D eigenvalue weighted by atomic mass is 16.5. The average molecular weight is 743 g/mol. The largest absolute Gasteiger partial charge is 0.453 e. The Hall–Kier alpha value is -5.75. The van der Waals surface area contributed by atoms with E-state index in [4.69, 9.17) is 4.98 Å². The highest BCUT2D eigenvalue weighted by Gasteiger charge is 2.38. The first-order valence-electron chi connectivity index (χ1n) is 19.3. The van der Waals surface area contributed by atoms with Gasteiger partial charge in [-0.1, -0.05) is 92.7 Å². The second kappa shape index (κ2) is 16.7. The Balaban J connectivity index is 1.01. The molecule has 0 saturated carbocycles. The zero-order valence-electron chi connectivity index (χ0n) is 32.0. The van der Waals surface area contributed by atoms with E-state index < -0.39 is 12.1 Å². The molecule has 3 aromatic carbocycles. The number of aromatic nitrogens is 4. The Morgan fingerprint density at radius 1 is 0.745 bits per heavy atom. The molecule has 7 rings (SSSR count). The molecule has 3 amide bonds. The predicted octanol–water partition coefficient (Wildman–Crippen LogP) is 7.29. The van der Waals surface area contributed by atoms with Crippen molar-refractivity contribution in [1.29, 1.82) is 0 Å². The van der Waals surface area contributed by atoms with Crippen molar-refractivity contribution in [2.75, 3.05) is 33.3 Å². The Bertz CT molecular complexity index is 2070. The topological polar surface area (TPSA) is 140 Å². The minimum absolute atomic E-state index is 0.0922. The molecular formula is C43H50N8O4. The number of benzene rings is 3. The van der Waals surface area contributed by atoms with Gasteiger partial charge in [-0.3, -0.25) is 14.5 Å². The third kappa shape index (κ3) is 7.91. The number of amides is 3. The van der Waals surface area contributed by atoms with E-state index in [1.54, 1.807) is 11.8 Å². The molecule has 0 bridgehead atoms. The third-order valence-corrected chi connectivity index (χ3v) is 11.0. The molecule has 2 saturated heterocycles. The number of alkyl carbamates (subject to hydrolysis) is 1. The van der Waals surface area contributed by atoms with Gasteiger partial charge in [0, 0.05) is 13.1 Å². The summed E-state index contributed by atoms with van der Waals surface area (Å²) in [6.45, 7) is 8.79. The van der Waals surface area contributed by atoms with E-state index in [2.05, 4.69) is 104 Å². The number of hydrogen-bond acceptors (Lipinski definition) is 7. The summed E-state index contributed by atoms with van der Waals surface area (Å²) < 4.78 is 4.66. The summed E-state index contributed by atoms with van der Waals surface area (Å²) in [5.41, 5.74) is 7.01. The molecule has 2 aromatic heterocycles. The second-order valence-electron chi connectivity index (χ2n) is 14.3. The molecule has 5 aromatic rings. The summed E-state index contributed by atoms with van der Waals surface area (Å²) in [5.74, 6) is 1.53. The Morgan fingerprint density at radius 3 is 1.69 bits per heavy atom. The maximum Gasteiger partial charge on any atom is 0.407 e. The smallest absolute Gasteiger partial charge is 0.407 e. The van der Waals surface area contributed by atoms with Crippen molar-refractivity contribution < 1.29 is 19.1 Å². The zero-order chi connectivity index (χ0) is 38.5. The number of carbonyl (C=O) groups is 3. The summed E-state index contributed by atoms with van der Waals surface area (Å²) in [6.07, 6.45) is 6.52. The van der Waals surface area contributed by atoms with Gasteiger partial charge in [-0.25, -0.2) is 14.8 Å². The molecule has 4 atom stereocenters.